The Morgan fingerprint density at radius 3 is 2.43 bits per heavy atom. The Labute approximate surface area is 134 Å². The lowest BCUT2D eigenvalue weighted by Gasteiger charge is -2.41. The third kappa shape index (κ3) is 2.35. The quantitative estimate of drug-likeness (QED) is 0.896. The first-order chi connectivity index (χ1) is 10.2. The summed E-state index contributed by atoms with van der Waals surface area (Å²) < 4.78 is 0.985. The van der Waals surface area contributed by atoms with Gasteiger partial charge in [-0.15, -0.1) is 0 Å². The molecule has 1 aliphatic rings. The summed E-state index contributed by atoms with van der Waals surface area (Å²) in [6.07, 6.45) is 4.40. The van der Waals surface area contributed by atoms with Gasteiger partial charge in [-0.05, 0) is 40.8 Å². The molecule has 3 rings (SSSR count). The third-order valence-electron chi connectivity index (χ3n) is 4.45. The van der Waals surface area contributed by atoms with Gasteiger partial charge in [0.25, 0.3) is 0 Å². The van der Waals surface area contributed by atoms with Gasteiger partial charge in [0.1, 0.15) is 11.6 Å². The molecule has 0 aliphatic heterocycles. The smallest absolute Gasteiger partial charge is 0.144 e. The summed E-state index contributed by atoms with van der Waals surface area (Å²) in [5.41, 5.74) is 2.41. The van der Waals surface area contributed by atoms with Crippen LogP contribution < -0.4 is 5.32 Å². The largest absolute Gasteiger partial charge is 0.372 e. The summed E-state index contributed by atoms with van der Waals surface area (Å²) in [7, 11) is 1.91. The standard InChI is InChI=1S/C17H20BrN3/c1-3-13-14(18)15(19-2)21-16(20-13)17(10-7-11-17)12-8-5-4-6-9-12/h4-6,8-9H,3,7,10-11H2,1-2H3,(H,19,20,21). The number of aryl methyl sites for hydroxylation is 1. The number of hydrogen-bond donors (Lipinski definition) is 1. The maximum Gasteiger partial charge on any atom is 0.144 e. The van der Waals surface area contributed by atoms with E-state index in [9.17, 15) is 0 Å². The Bertz CT molecular complexity index is 611. The average molecular weight is 346 g/mol. The minimum atomic E-state index is -0.00250. The Morgan fingerprint density at radius 2 is 1.90 bits per heavy atom. The molecule has 1 N–H and O–H groups in total. The Hall–Kier alpha value is -1.42. The van der Waals surface area contributed by atoms with Gasteiger partial charge in [-0.25, -0.2) is 9.97 Å². The van der Waals surface area contributed by atoms with Crippen LogP contribution in [0.4, 0.5) is 5.82 Å². The summed E-state index contributed by atoms with van der Waals surface area (Å²) in [6.45, 7) is 2.13. The molecule has 2 aromatic rings. The SMILES string of the molecule is CCc1nc(C2(c3ccccc3)CCC2)nc(NC)c1Br. The molecule has 110 valence electrons. The lowest BCUT2D eigenvalue weighted by Crippen LogP contribution is -2.37. The Kier molecular flexibility index (Phi) is 3.98. The summed E-state index contributed by atoms with van der Waals surface area (Å²) in [5, 5.41) is 3.18. The van der Waals surface area contributed by atoms with Gasteiger partial charge in [0.15, 0.2) is 0 Å². The second kappa shape index (κ2) is 5.76. The Morgan fingerprint density at radius 1 is 1.19 bits per heavy atom. The van der Waals surface area contributed by atoms with Gasteiger partial charge in [0.2, 0.25) is 0 Å². The predicted octanol–water partition coefficient (Wildman–Crippen LogP) is 4.31. The fourth-order valence-corrected chi connectivity index (χ4v) is 3.69. The monoisotopic (exact) mass is 345 g/mol. The predicted molar refractivity (Wildman–Crippen MR) is 89.7 cm³/mol. The van der Waals surface area contributed by atoms with Crippen LogP contribution in [0, 0.1) is 0 Å². The number of nitrogens with one attached hydrogen (secondary N) is 1. The minimum Gasteiger partial charge on any atom is -0.372 e. The van der Waals surface area contributed by atoms with E-state index in [2.05, 4.69) is 58.5 Å². The summed E-state index contributed by atoms with van der Waals surface area (Å²) in [5.74, 6) is 1.85. The summed E-state index contributed by atoms with van der Waals surface area (Å²) >= 11 is 3.61. The van der Waals surface area contributed by atoms with Crippen LogP contribution in [0.25, 0.3) is 0 Å². The van der Waals surface area contributed by atoms with Crippen LogP contribution >= 0.6 is 15.9 Å². The minimum absolute atomic E-state index is 0.00250. The van der Waals surface area contributed by atoms with Gasteiger partial charge in [-0.1, -0.05) is 43.7 Å². The molecule has 1 aromatic carbocycles. The molecular formula is C17H20BrN3. The van der Waals surface area contributed by atoms with Gasteiger partial charge in [0, 0.05) is 7.05 Å². The van der Waals surface area contributed by atoms with Crippen molar-refractivity contribution in [3.63, 3.8) is 0 Å². The molecule has 0 radical (unpaired) electrons. The maximum atomic E-state index is 4.87. The van der Waals surface area contributed by atoms with E-state index >= 15 is 0 Å². The molecule has 0 spiro atoms. The lowest BCUT2D eigenvalue weighted by atomic mass is 9.64. The van der Waals surface area contributed by atoms with Gasteiger partial charge < -0.3 is 5.32 Å². The normalized spacial score (nSPS) is 16.3. The highest BCUT2D eigenvalue weighted by atomic mass is 79.9. The molecule has 1 heterocycles. The molecule has 1 aliphatic carbocycles. The van der Waals surface area contributed by atoms with Crippen molar-refractivity contribution in [3.8, 4) is 0 Å². The van der Waals surface area contributed by atoms with Crippen molar-refractivity contribution >= 4 is 21.7 Å². The molecule has 1 aromatic heterocycles. The zero-order valence-electron chi connectivity index (χ0n) is 12.5. The molecule has 0 atom stereocenters. The van der Waals surface area contributed by atoms with E-state index in [1.54, 1.807) is 0 Å². The van der Waals surface area contributed by atoms with Crippen molar-refractivity contribution in [2.45, 2.75) is 38.0 Å². The van der Waals surface area contributed by atoms with Crippen molar-refractivity contribution in [1.29, 1.82) is 0 Å². The molecule has 0 bridgehead atoms. The molecule has 21 heavy (non-hydrogen) atoms. The van der Waals surface area contributed by atoms with E-state index in [1.807, 2.05) is 7.05 Å². The molecule has 0 amide bonds. The molecule has 1 fully saturated rings. The third-order valence-corrected chi connectivity index (χ3v) is 5.29. The van der Waals surface area contributed by atoms with E-state index in [-0.39, 0.29) is 5.41 Å². The zero-order chi connectivity index (χ0) is 14.9. The second-order valence-electron chi connectivity index (χ2n) is 5.56. The van der Waals surface area contributed by atoms with Crippen molar-refractivity contribution in [1.82, 2.24) is 9.97 Å². The van der Waals surface area contributed by atoms with Gasteiger partial charge in [-0.2, -0.15) is 0 Å². The van der Waals surface area contributed by atoms with Crippen LogP contribution in [0.1, 0.15) is 43.3 Å². The van der Waals surface area contributed by atoms with Gasteiger partial charge in [-0.3, -0.25) is 0 Å². The number of hydrogen-bond acceptors (Lipinski definition) is 3. The highest BCUT2D eigenvalue weighted by molar-refractivity contribution is 9.10. The van der Waals surface area contributed by atoms with Crippen LogP contribution in [0.15, 0.2) is 34.8 Å². The number of aromatic nitrogens is 2. The first-order valence-corrected chi connectivity index (χ1v) is 8.30. The van der Waals surface area contributed by atoms with E-state index < -0.39 is 0 Å². The molecule has 0 saturated heterocycles. The van der Waals surface area contributed by atoms with E-state index in [0.29, 0.717) is 0 Å². The fourth-order valence-electron chi connectivity index (χ4n) is 3.04. The summed E-state index contributed by atoms with van der Waals surface area (Å²) in [6, 6.07) is 10.7. The van der Waals surface area contributed by atoms with Crippen molar-refractivity contribution in [2.24, 2.45) is 0 Å². The van der Waals surface area contributed by atoms with Gasteiger partial charge >= 0.3 is 0 Å². The van der Waals surface area contributed by atoms with Gasteiger partial charge in [0.05, 0.1) is 15.6 Å². The second-order valence-corrected chi connectivity index (χ2v) is 6.35. The van der Waals surface area contributed by atoms with Crippen molar-refractivity contribution in [2.75, 3.05) is 12.4 Å². The first-order valence-electron chi connectivity index (χ1n) is 7.51. The average Bonchev–Trinajstić information content (AvgIpc) is 2.48. The highest BCUT2D eigenvalue weighted by Crippen LogP contribution is 2.48. The summed E-state index contributed by atoms with van der Waals surface area (Å²) in [4.78, 5) is 9.67. The van der Waals surface area contributed by atoms with Crippen LogP contribution in [0.3, 0.4) is 0 Å². The topological polar surface area (TPSA) is 37.8 Å². The first kappa shape index (κ1) is 14.5. The number of benzene rings is 1. The van der Waals surface area contributed by atoms with Crippen LogP contribution in [-0.2, 0) is 11.8 Å². The molecule has 1 saturated carbocycles. The molecule has 3 nitrogen and oxygen atoms in total. The lowest BCUT2D eigenvalue weighted by molar-refractivity contribution is 0.284. The van der Waals surface area contributed by atoms with Crippen LogP contribution in [0.5, 0.6) is 0 Å². The number of nitrogens with zero attached hydrogens (tertiary/aromatic N) is 2. The maximum absolute atomic E-state index is 4.87. The molecule has 4 heteroatoms. The van der Waals surface area contributed by atoms with E-state index in [0.717, 1.165) is 41.1 Å². The van der Waals surface area contributed by atoms with Crippen molar-refractivity contribution < 1.29 is 0 Å². The highest BCUT2D eigenvalue weighted by Gasteiger charge is 2.43. The van der Waals surface area contributed by atoms with E-state index in [4.69, 9.17) is 9.97 Å². The zero-order valence-corrected chi connectivity index (χ0v) is 14.1. The molecule has 0 unspecified atom stereocenters. The van der Waals surface area contributed by atoms with Crippen LogP contribution in [0.2, 0.25) is 0 Å². The molecular weight excluding hydrogens is 326 g/mol. The number of anilines is 1. The van der Waals surface area contributed by atoms with Crippen molar-refractivity contribution in [3.05, 3.63) is 51.9 Å². The number of halogens is 1. The fraction of sp³-hybridized carbons (Fsp3) is 0.412. The Balaban J connectivity index is 2.14. The number of rotatable bonds is 4. The van der Waals surface area contributed by atoms with E-state index in [1.165, 1.54) is 12.0 Å². The van der Waals surface area contributed by atoms with Crippen LogP contribution in [-0.4, -0.2) is 17.0 Å².